The third-order valence-electron chi connectivity index (χ3n) is 8.39. The lowest BCUT2D eigenvalue weighted by Gasteiger charge is -2.30. The third-order valence-corrected chi connectivity index (χ3v) is 10.3. The molecule has 0 aliphatic carbocycles. The van der Waals surface area contributed by atoms with Gasteiger partial charge in [0.05, 0.1) is 45.0 Å². The van der Waals surface area contributed by atoms with Crippen molar-refractivity contribution in [2.75, 3.05) is 54.2 Å². The summed E-state index contributed by atoms with van der Waals surface area (Å²) in [6, 6.07) is 18.6. The van der Waals surface area contributed by atoms with Gasteiger partial charge in [0.2, 0.25) is 16.3 Å². The predicted molar refractivity (Wildman–Crippen MR) is 184 cm³/mol. The molecule has 13 nitrogen and oxygen atoms in total. The molecule has 1 amide bonds. The first-order chi connectivity index (χ1) is 24.2. The molecule has 266 valence electrons. The highest BCUT2D eigenvalue weighted by Crippen LogP contribution is 2.32. The molecule has 2 atom stereocenters. The number of rotatable bonds is 16. The predicted octanol–water partition coefficient (Wildman–Crippen LogP) is 3.74. The van der Waals surface area contributed by atoms with Crippen LogP contribution in [0.5, 0.6) is 11.5 Å². The molecule has 50 heavy (non-hydrogen) atoms. The van der Waals surface area contributed by atoms with E-state index in [1.165, 1.54) is 26.4 Å². The minimum atomic E-state index is -3.95. The summed E-state index contributed by atoms with van der Waals surface area (Å²) in [7, 11) is 0.452. The number of hydrogen-bond donors (Lipinski definition) is 3. The minimum Gasteiger partial charge on any atom is -0.497 e. The number of H-pyrrole nitrogens is 1. The van der Waals surface area contributed by atoms with Crippen molar-refractivity contribution in [3.05, 3.63) is 101 Å². The van der Waals surface area contributed by atoms with Gasteiger partial charge < -0.3 is 39.1 Å². The number of aromatic amines is 1. The number of benzene rings is 3. The van der Waals surface area contributed by atoms with Gasteiger partial charge in [-0.2, -0.15) is 4.31 Å². The van der Waals surface area contributed by atoms with E-state index in [9.17, 15) is 23.1 Å². The molecule has 3 aromatic carbocycles. The van der Waals surface area contributed by atoms with E-state index in [-0.39, 0.29) is 36.3 Å². The Morgan fingerprint density at radius 3 is 2.38 bits per heavy atom. The number of sulfonamides is 1. The lowest BCUT2D eigenvalue weighted by Crippen LogP contribution is -2.38. The Hall–Kier alpha value is -4.89. The molecule has 0 saturated carbocycles. The maximum Gasteiger partial charge on any atom is 0.337 e. The molecular formula is C36H41N3O10S. The van der Waals surface area contributed by atoms with E-state index in [1.807, 2.05) is 24.4 Å². The number of aliphatic hydroxyl groups excluding tert-OH is 1. The van der Waals surface area contributed by atoms with Gasteiger partial charge in [-0.05, 0) is 78.2 Å². The molecule has 0 saturated heterocycles. The molecule has 14 heteroatoms. The molecule has 1 aromatic heterocycles. The number of aliphatic hydroxyl groups is 1. The van der Waals surface area contributed by atoms with Crippen molar-refractivity contribution in [3.8, 4) is 11.5 Å². The Balaban J connectivity index is 1.28. The zero-order valence-electron chi connectivity index (χ0n) is 28.1. The zero-order valence-corrected chi connectivity index (χ0v) is 28.9. The Morgan fingerprint density at radius 2 is 1.70 bits per heavy atom. The average Bonchev–Trinajstić information content (AvgIpc) is 3.55. The first-order valence-corrected chi connectivity index (χ1v) is 17.5. The first kappa shape index (κ1) is 36.4. The van der Waals surface area contributed by atoms with Crippen molar-refractivity contribution in [1.29, 1.82) is 0 Å². The normalized spacial score (nSPS) is 16.1. The summed E-state index contributed by atoms with van der Waals surface area (Å²) in [5, 5.41) is 13.6. The molecule has 1 aliphatic rings. The molecule has 0 fully saturated rings. The topological polar surface area (TPSA) is 166 Å². The van der Waals surface area contributed by atoms with E-state index in [0.29, 0.717) is 30.7 Å². The highest BCUT2D eigenvalue weighted by atomic mass is 32.2. The monoisotopic (exact) mass is 707 g/mol. The van der Waals surface area contributed by atoms with Gasteiger partial charge >= 0.3 is 5.97 Å². The van der Waals surface area contributed by atoms with Crippen molar-refractivity contribution < 1.29 is 46.8 Å². The number of allylic oxidation sites excluding steroid dienone is 1. The molecule has 0 spiro atoms. The second kappa shape index (κ2) is 16.7. The van der Waals surface area contributed by atoms with Crippen molar-refractivity contribution in [1.82, 2.24) is 14.6 Å². The quantitative estimate of drug-likeness (QED) is 0.146. The molecule has 4 aromatic rings. The van der Waals surface area contributed by atoms with Gasteiger partial charge in [-0.15, -0.1) is 0 Å². The summed E-state index contributed by atoms with van der Waals surface area (Å²) in [6.07, 6.45) is 3.58. The molecule has 2 heterocycles. The zero-order chi connectivity index (χ0) is 35.7. The second-order valence-corrected chi connectivity index (χ2v) is 13.4. The third kappa shape index (κ3) is 8.63. The molecule has 5 rings (SSSR count). The molecule has 0 bridgehead atoms. The van der Waals surface area contributed by atoms with E-state index < -0.39 is 34.8 Å². The number of aromatic nitrogens is 1. The standard InChI is InChI=1S/C36H41N3O10S/c1-45-28-8-11-30(12-9-28)50(43,44)39(16-18-40)17-19-48-34-21-27(24-4-6-25(7-5-24)36(42)47-3)20-33(49-34)35(41)37-15-14-26-23-38-32-13-10-29(46-2)22-31(26)32/h4-13,20,22-23,27,34,38,40H,14-19,21H2,1-3H3,(H,37,41)/t27-,34+/m1/s1. The van der Waals surface area contributed by atoms with E-state index in [4.69, 9.17) is 23.7 Å². The number of fused-ring (bicyclic) bond motifs is 1. The molecule has 0 unspecified atom stereocenters. The highest BCUT2D eigenvalue weighted by Gasteiger charge is 2.30. The van der Waals surface area contributed by atoms with Crippen LogP contribution in [0.2, 0.25) is 0 Å². The van der Waals surface area contributed by atoms with Crippen LogP contribution in [-0.4, -0.2) is 95.2 Å². The van der Waals surface area contributed by atoms with Crippen LogP contribution in [0.1, 0.15) is 33.8 Å². The van der Waals surface area contributed by atoms with E-state index in [2.05, 4.69) is 10.3 Å². The van der Waals surface area contributed by atoms with Crippen molar-refractivity contribution in [2.45, 2.75) is 29.9 Å². The minimum absolute atomic E-state index is 0.0461. The number of methoxy groups -OCH3 is 3. The Kier molecular flexibility index (Phi) is 12.1. The maximum atomic E-state index is 13.4. The Bertz CT molecular complexity index is 1910. The van der Waals surface area contributed by atoms with Crippen LogP contribution in [0.4, 0.5) is 0 Å². The lowest BCUT2D eigenvalue weighted by molar-refractivity contribution is -0.146. The van der Waals surface area contributed by atoms with E-state index >= 15 is 0 Å². The molecule has 1 aliphatic heterocycles. The second-order valence-electron chi connectivity index (χ2n) is 11.4. The fraction of sp³-hybridized carbons (Fsp3) is 0.333. The van der Waals surface area contributed by atoms with Crippen LogP contribution in [0.3, 0.4) is 0 Å². The summed E-state index contributed by atoms with van der Waals surface area (Å²) >= 11 is 0. The van der Waals surface area contributed by atoms with Crippen LogP contribution in [0, 0.1) is 0 Å². The van der Waals surface area contributed by atoms with Crippen LogP contribution < -0.4 is 14.8 Å². The number of carbonyl (C=O) groups is 2. The highest BCUT2D eigenvalue weighted by molar-refractivity contribution is 7.89. The molecular weight excluding hydrogens is 666 g/mol. The molecule has 0 radical (unpaired) electrons. The van der Waals surface area contributed by atoms with Gasteiger partial charge in [-0.3, -0.25) is 4.79 Å². The summed E-state index contributed by atoms with van der Waals surface area (Å²) in [5.74, 6) is 0.0804. The Morgan fingerprint density at radius 1 is 0.980 bits per heavy atom. The smallest absolute Gasteiger partial charge is 0.337 e. The van der Waals surface area contributed by atoms with Crippen LogP contribution in [0.25, 0.3) is 10.9 Å². The average molecular weight is 708 g/mol. The van der Waals surface area contributed by atoms with Crippen LogP contribution in [-0.2, 0) is 35.4 Å². The number of esters is 1. The van der Waals surface area contributed by atoms with Crippen molar-refractivity contribution in [3.63, 3.8) is 0 Å². The van der Waals surface area contributed by atoms with Gasteiger partial charge in [0, 0.05) is 49.1 Å². The maximum absolute atomic E-state index is 13.4. The van der Waals surface area contributed by atoms with Crippen molar-refractivity contribution in [2.24, 2.45) is 0 Å². The fourth-order valence-electron chi connectivity index (χ4n) is 5.67. The molecule has 3 N–H and O–H groups in total. The van der Waals surface area contributed by atoms with E-state index in [0.717, 1.165) is 32.1 Å². The summed E-state index contributed by atoms with van der Waals surface area (Å²) in [5.41, 5.74) is 3.17. The van der Waals surface area contributed by atoms with Gasteiger partial charge in [0.1, 0.15) is 11.5 Å². The Labute approximate surface area is 290 Å². The number of amides is 1. The SMILES string of the molecule is COC(=O)c1ccc([C@@H]2C=C(C(=O)NCCc3c[nH]c4ccc(OC)cc34)O[C@H](OCCN(CCO)S(=O)(=O)c3ccc(OC)cc3)C2)cc1. The van der Waals surface area contributed by atoms with Crippen molar-refractivity contribution >= 4 is 32.8 Å². The van der Waals surface area contributed by atoms with Gasteiger partial charge in [-0.25, -0.2) is 13.2 Å². The van der Waals surface area contributed by atoms with Crippen LogP contribution in [0.15, 0.2) is 89.7 Å². The van der Waals surface area contributed by atoms with Gasteiger partial charge in [0.15, 0.2) is 5.76 Å². The lowest BCUT2D eigenvalue weighted by atomic mass is 9.92. The summed E-state index contributed by atoms with van der Waals surface area (Å²) in [6.45, 7) is -0.360. The number of nitrogens with one attached hydrogen (secondary N) is 2. The number of nitrogens with zero attached hydrogens (tertiary/aromatic N) is 1. The summed E-state index contributed by atoms with van der Waals surface area (Å²) in [4.78, 5) is 28.7. The number of ether oxygens (including phenoxy) is 5. The number of carbonyl (C=O) groups excluding carboxylic acids is 2. The van der Waals surface area contributed by atoms with Crippen LogP contribution >= 0.6 is 0 Å². The van der Waals surface area contributed by atoms with E-state index in [1.54, 1.807) is 49.6 Å². The first-order valence-electron chi connectivity index (χ1n) is 16.0. The van der Waals surface area contributed by atoms with Gasteiger partial charge in [0.25, 0.3) is 5.91 Å². The number of hydrogen-bond acceptors (Lipinski definition) is 10. The fourth-order valence-corrected chi connectivity index (χ4v) is 7.09. The summed E-state index contributed by atoms with van der Waals surface area (Å²) < 4.78 is 55.2. The largest absolute Gasteiger partial charge is 0.497 e. The van der Waals surface area contributed by atoms with Gasteiger partial charge in [-0.1, -0.05) is 12.1 Å².